The minimum atomic E-state index is -0.119. The average molecular weight is 262 g/mol. The topological polar surface area (TPSA) is 42.0 Å². The highest BCUT2D eigenvalue weighted by atomic mass is 16.1. The number of aromatic nitrogens is 1. The van der Waals surface area contributed by atoms with Crippen LogP contribution in [0.2, 0.25) is 0 Å². The maximum absolute atomic E-state index is 11.2. The fourth-order valence-corrected chi connectivity index (χ4v) is 2.28. The van der Waals surface area contributed by atoms with Crippen LogP contribution >= 0.6 is 0 Å². The Balaban J connectivity index is 2.25. The quantitative estimate of drug-likeness (QED) is 0.762. The maximum Gasteiger partial charge on any atom is 0.222 e. The number of anilines is 1. The van der Waals surface area contributed by atoms with Crippen LogP contribution in [0, 0.1) is 0 Å². The Morgan fingerprint density at radius 2 is 1.70 bits per heavy atom. The largest absolute Gasteiger partial charge is 0.311 e. The van der Waals surface area contributed by atoms with Crippen LogP contribution in [-0.4, -0.2) is 10.9 Å². The summed E-state index contributed by atoms with van der Waals surface area (Å²) in [6, 6.07) is 20.0. The minimum Gasteiger partial charge on any atom is -0.311 e. The third-order valence-electron chi connectivity index (χ3n) is 3.11. The van der Waals surface area contributed by atoms with E-state index in [1.807, 2.05) is 48.5 Å². The number of benzene rings is 2. The molecule has 0 saturated heterocycles. The number of carbonyl (C=O) groups is 1. The third-order valence-corrected chi connectivity index (χ3v) is 3.11. The van der Waals surface area contributed by atoms with Gasteiger partial charge < -0.3 is 5.32 Å². The standard InChI is InChI=1S/C17H14N2O/c1-12(20)18-17-11-15(13-7-3-2-4-8-13)14-9-5-6-10-16(14)19-17/h2-11H,1H3,(H,18,19,20). The van der Waals surface area contributed by atoms with Crippen LogP contribution in [0.1, 0.15) is 6.92 Å². The molecule has 0 spiro atoms. The van der Waals surface area contributed by atoms with Gasteiger partial charge in [0.2, 0.25) is 5.91 Å². The third kappa shape index (κ3) is 2.38. The first kappa shape index (κ1) is 12.4. The van der Waals surface area contributed by atoms with Crippen LogP contribution in [0.3, 0.4) is 0 Å². The fraction of sp³-hybridized carbons (Fsp3) is 0.0588. The number of pyridine rings is 1. The minimum absolute atomic E-state index is 0.119. The van der Waals surface area contributed by atoms with Gasteiger partial charge in [0.05, 0.1) is 5.52 Å². The molecule has 1 heterocycles. The lowest BCUT2D eigenvalue weighted by molar-refractivity contribution is -0.114. The molecule has 20 heavy (non-hydrogen) atoms. The Bertz CT molecular complexity index is 766. The zero-order valence-electron chi connectivity index (χ0n) is 11.1. The second-order valence-corrected chi connectivity index (χ2v) is 4.62. The number of rotatable bonds is 2. The molecule has 3 rings (SSSR count). The van der Waals surface area contributed by atoms with Crippen LogP contribution in [0.25, 0.3) is 22.0 Å². The molecule has 0 radical (unpaired) electrons. The molecule has 1 aromatic heterocycles. The van der Waals surface area contributed by atoms with Gasteiger partial charge in [-0.15, -0.1) is 0 Å². The average Bonchev–Trinajstić information content (AvgIpc) is 2.47. The van der Waals surface area contributed by atoms with Crippen molar-refractivity contribution >= 4 is 22.6 Å². The highest BCUT2D eigenvalue weighted by molar-refractivity contribution is 5.98. The van der Waals surface area contributed by atoms with Crippen molar-refractivity contribution in [1.29, 1.82) is 0 Å². The Kier molecular flexibility index (Phi) is 3.17. The molecule has 0 unspecified atom stereocenters. The second kappa shape index (κ2) is 5.13. The predicted octanol–water partition coefficient (Wildman–Crippen LogP) is 3.86. The summed E-state index contributed by atoms with van der Waals surface area (Å²) in [6.45, 7) is 1.49. The highest BCUT2D eigenvalue weighted by Gasteiger charge is 2.08. The van der Waals surface area contributed by atoms with Crippen molar-refractivity contribution in [2.45, 2.75) is 6.92 Å². The molecule has 0 aliphatic rings. The molecule has 0 aliphatic carbocycles. The van der Waals surface area contributed by atoms with Gasteiger partial charge in [-0.3, -0.25) is 4.79 Å². The summed E-state index contributed by atoms with van der Waals surface area (Å²) < 4.78 is 0. The molecule has 1 amide bonds. The van der Waals surface area contributed by atoms with Gasteiger partial charge in [0.15, 0.2) is 0 Å². The lowest BCUT2D eigenvalue weighted by atomic mass is 10.0. The summed E-state index contributed by atoms with van der Waals surface area (Å²) >= 11 is 0. The molecular weight excluding hydrogens is 248 g/mol. The van der Waals surface area contributed by atoms with Crippen molar-refractivity contribution in [2.24, 2.45) is 0 Å². The van der Waals surface area contributed by atoms with Gasteiger partial charge in [-0.1, -0.05) is 48.5 Å². The van der Waals surface area contributed by atoms with E-state index < -0.39 is 0 Å². The van der Waals surface area contributed by atoms with E-state index in [9.17, 15) is 4.79 Å². The molecule has 3 nitrogen and oxygen atoms in total. The SMILES string of the molecule is CC(=O)Nc1cc(-c2ccccc2)c2ccccc2n1. The molecule has 2 aromatic carbocycles. The normalized spacial score (nSPS) is 10.4. The second-order valence-electron chi connectivity index (χ2n) is 4.62. The van der Waals surface area contributed by atoms with E-state index in [1.54, 1.807) is 0 Å². The van der Waals surface area contributed by atoms with Crippen LogP contribution < -0.4 is 5.32 Å². The van der Waals surface area contributed by atoms with Crippen molar-refractivity contribution in [2.75, 3.05) is 5.32 Å². The van der Waals surface area contributed by atoms with E-state index in [4.69, 9.17) is 0 Å². The molecular formula is C17H14N2O. The van der Waals surface area contributed by atoms with E-state index in [0.717, 1.165) is 22.0 Å². The van der Waals surface area contributed by atoms with Gasteiger partial charge in [-0.05, 0) is 23.3 Å². The molecule has 3 heteroatoms. The van der Waals surface area contributed by atoms with E-state index in [1.165, 1.54) is 6.92 Å². The molecule has 98 valence electrons. The van der Waals surface area contributed by atoms with E-state index >= 15 is 0 Å². The van der Waals surface area contributed by atoms with Crippen molar-refractivity contribution in [1.82, 2.24) is 4.98 Å². The van der Waals surface area contributed by atoms with Crippen molar-refractivity contribution < 1.29 is 4.79 Å². The highest BCUT2D eigenvalue weighted by Crippen LogP contribution is 2.29. The van der Waals surface area contributed by atoms with Crippen molar-refractivity contribution in [3.63, 3.8) is 0 Å². The lowest BCUT2D eigenvalue weighted by Gasteiger charge is -2.10. The Labute approximate surface area is 117 Å². The molecule has 0 atom stereocenters. The first-order chi connectivity index (χ1) is 9.74. The van der Waals surface area contributed by atoms with E-state index in [0.29, 0.717) is 5.82 Å². The summed E-state index contributed by atoms with van der Waals surface area (Å²) in [4.78, 5) is 15.7. The summed E-state index contributed by atoms with van der Waals surface area (Å²) in [6.07, 6.45) is 0. The van der Waals surface area contributed by atoms with Crippen molar-refractivity contribution in [3.8, 4) is 11.1 Å². The molecule has 3 aromatic rings. The van der Waals surface area contributed by atoms with E-state index in [2.05, 4.69) is 22.4 Å². The molecule has 1 N–H and O–H groups in total. The molecule has 0 bridgehead atoms. The first-order valence-corrected chi connectivity index (χ1v) is 6.47. The number of amides is 1. The number of nitrogens with one attached hydrogen (secondary N) is 1. The molecule has 0 saturated carbocycles. The monoisotopic (exact) mass is 262 g/mol. The summed E-state index contributed by atoms with van der Waals surface area (Å²) in [5.41, 5.74) is 3.05. The zero-order chi connectivity index (χ0) is 13.9. The summed E-state index contributed by atoms with van der Waals surface area (Å²) in [7, 11) is 0. The first-order valence-electron chi connectivity index (χ1n) is 6.47. The van der Waals surface area contributed by atoms with Crippen LogP contribution in [-0.2, 0) is 4.79 Å². The number of hydrogen-bond donors (Lipinski definition) is 1. The Hall–Kier alpha value is -2.68. The molecule has 0 aliphatic heterocycles. The number of hydrogen-bond acceptors (Lipinski definition) is 2. The zero-order valence-corrected chi connectivity index (χ0v) is 11.1. The van der Waals surface area contributed by atoms with Gasteiger partial charge in [-0.25, -0.2) is 4.98 Å². The fourth-order valence-electron chi connectivity index (χ4n) is 2.28. The van der Waals surface area contributed by atoms with E-state index in [-0.39, 0.29) is 5.91 Å². The Morgan fingerprint density at radius 3 is 2.45 bits per heavy atom. The summed E-state index contributed by atoms with van der Waals surface area (Å²) in [5.74, 6) is 0.460. The number of nitrogens with zero attached hydrogens (tertiary/aromatic N) is 1. The van der Waals surface area contributed by atoms with Gasteiger partial charge in [0.1, 0.15) is 5.82 Å². The van der Waals surface area contributed by atoms with Gasteiger partial charge in [0, 0.05) is 12.3 Å². The predicted molar refractivity (Wildman–Crippen MR) is 81.5 cm³/mol. The van der Waals surface area contributed by atoms with Gasteiger partial charge in [0.25, 0.3) is 0 Å². The van der Waals surface area contributed by atoms with Crippen LogP contribution in [0.4, 0.5) is 5.82 Å². The molecule has 0 fully saturated rings. The van der Waals surface area contributed by atoms with Crippen molar-refractivity contribution in [3.05, 3.63) is 60.7 Å². The number of fused-ring (bicyclic) bond motifs is 1. The van der Waals surface area contributed by atoms with Gasteiger partial charge >= 0.3 is 0 Å². The van der Waals surface area contributed by atoms with Gasteiger partial charge in [-0.2, -0.15) is 0 Å². The maximum atomic E-state index is 11.2. The van der Waals surface area contributed by atoms with Crippen LogP contribution in [0.15, 0.2) is 60.7 Å². The number of para-hydroxylation sites is 1. The van der Waals surface area contributed by atoms with Crippen LogP contribution in [0.5, 0.6) is 0 Å². The number of carbonyl (C=O) groups excluding carboxylic acids is 1. The smallest absolute Gasteiger partial charge is 0.222 e. The summed E-state index contributed by atoms with van der Waals surface area (Å²) in [5, 5.41) is 3.83. The Morgan fingerprint density at radius 1 is 1.00 bits per heavy atom. The lowest BCUT2D eigenvalue weighted by Crippen LogP contribution is -2.07.